The minimum Gasteiger partial charge on any atom is -0.380 e. The van der Waals surface area contributed by atoms with E-state index in [1.807, 2.05) is 0 Å². The van der Waals surface area contributed by atoms with Crippen LogP contribution in [0.4, 0.5) is 5.69 Å². The van der Waals surface area contributed by atoms with E-state index in [-0.39, 0.29) is 11.7 Å². The summed E-state index contributed by atoms with van der Waals surface area (Å²) in [7, 11) is 1.72. The number of rotatable bonds is 6. The zero-order valence-corrected chi connectivity index (χ0v) is 11.4. The van der Waals surface area contributed by atoms with Crippen LogP contribution in [0.25, 0.3) is 0 Å². The van der Waals surface area contributed by atoms with Crippen molar-refractivity contribution in [1.29, 1.82) is 0 Å². The average Bonchev–Trinajstić information content (AvgIpc) is 2.89. The maximum absolute atomic E-state index is 12.0. The number of ether oxygens (including phenoxy) is 1. The van der Waals surface area contributed by atoms with Gasteiger partial charge in [0, 0.05) is 32.8 Å². The van der Waals surface area contributed by atoms with E-state index in [0.717, 1.165) is 38.0 Å². The summed E-state index contributed by atoms with van der Waals surface area (Å²) in [5.74, 6) is 0. The standard InChI is InChI=1S/C13H22N4O2/c1-19-12-4-7-16(10-12)11-8-13(18)17(15-9-11)6-3-2-5-14/h8-9,12H,2-7,10,14H2,1H3. The summed E-state index contributed by atoms with van der Waals surface area (Å²) < 4.78 is 6.83. The van der Waals surface area contributed by atoms with Crippen molar-refractivity contribution in [2.45, 2.75) is 31.9 Å². The van der Waals surface area contributed by atoms with E-state index < -0.39 is 0 Å². The Morgan fingerprint density at radius 2 is 2.37 bits per heavy atom. The third-order valence-electron chi connectivity index (χ3n) is 3.52. The minimum atomic E-state index is -0.0459. The van der Waals surface area contributed by atoms with E-state index in [2.05, 4.69) is 10.00 Å². The molecule has 1 saturated heterocycles. The lowest BCUT2D eigenvalue weighted by Crippen LogP contribution is -2.27. The second-order valence-corrected chi connectivity index (χ2v) is 4.86. The molecular weight excluding hydrogens is 244 g/mol. The first-order chi connectivity index (χ1) is 9.24. The number of hydrogen-bond donors (Lipinski definition) is 1. The highest BCUT2D eigenvalue weighted by atomic mass is 16.5. The normalized spacial score (nSPS) is 19.1. The quantitative estimate of drug-likeness (QED) is 0.745. The van der Waals surface area contributed by atoms with Gasteiger partial charge in [0.2, 0.25) is 0 Å². The number of unbranched alkanes of at least 4 members (excludes halogenated alkanes) is 1. The van der Waals surface area contributed by atoms with Crippen molar-refractivity contribution in [2.24, 2.45) is 5.73 Å². The second-order valence-electron chi connectivity index (χ2n) is 4.86. The lowest BCUT2D eigenvalue weighted by Gasteiger charge is -2.18. The lowest BCUT2D eigenvalue weighted by molar-refractivity contribution is 0.121. The Hall–Kier alpha value is -1.40. The zero-order valence-electron chi connectivity index (χ0n) is 11.4. The Morgan fingerprint density at radius 1 is 1.53 bits per heavy atom. The van der Waals surface area contributed by atoms with Gasteiger partial charge < -0.3 is 15.4 Å². The summed E-state index contributed by atoms with van der Waals surface area (Å²) in [6.45, 7) is 3.03. The summed E-state index contributed by atoms with van der Waals surface area (Å²) in [6, 6.07) is 1.66. The molecule has 0 aliphatic carbocycles. The Bertz CT molecular complexity index is 460. The Morgan fingerprint density at radius 3 is 3.00 bits per heavy atom. The number of nitrogens with two attached hydrogens (primary N) is 1. The molecule has 0 amide bonds. The Labute approximate surface area is 113 Å². The molecule has 6 heteroatoms. The first kappa shape index (κ1) is 14.0. The van der Waals surface area contributed by atoms with Crippen LogP contribution < -0.4 is 16.2 Å². The summed E-state index contributed by atoms with van der Waals surface area (Å²) in [4.78, 5) is 14.1. The van der Waals surface area contributed by atoms with Gasteiger partial charge in [0.1, 0.15) is 0 Å². The van der Waals surface area contributed by atoms with Gasteiger partial charge in [-0.15, -0.1) is 0 Å². The van der Waals surface area contributed by atoms with Crippen molar-refractivity contribution in [1.82, 2.24) is 9.78 Å². The maximum Gasteiger partial charge on any atom is 0.268 e. The fourth-order valence-corrected chi connectivity index (χ4v) is 2.33. The first-order valence-corrected chi connectivity index (χ1v) is 6.79. The summed E-state index contributed by atoms with van der Waals surface area (Å²) in [6.07, 6.45) is 4.82. The zero-order chi connectivity index (χ0) is 13.7. The first-order valence-electron chi connectivity index (χ1n) is 6.79. The smallest absolute Gasteiger partial charge is 0.268 e. The number of aryl methyl sites for hydroxylation is 1. The lowest BCUT2D eigenvalue weighted by atomic mass is 10.3. The fourth-order valence-electron chi connectivity index (χ4n) is 2.33. The minimum absolute atomic E-state index is 0.0459. The number of nitrogens with zero attached hydrogens (tertiary/aromatic N) is 3. The van der Waals surface area contributed by atoms with Crippen LogP contribution >= 0.6 is 0 Å². The summed E-state index contributed by atoms with van der Waals surface area (Å²) in [5, 5.41) is 4.23. The molecule has 1 atom stereocenters. The topological polar surface area (TPSA) is 73.4 Å². The molecule has 0 bridgehead atoms. The molecule has 6 nitrogen and oxygen atoms in total. The van der Waals surface area contributed by atoms with E-state index in [4.69, 9.17) is 10.5 Å². The van der Waals surface area contributed by atoms with E-state index in [0.29, 0.717) is 13.1 Å². The highest BCUT2D eigenvalue weighted by Crippen LogP contribution is 2.19. The average molecular weight is 266 g/mol. The molecular formula is C13H22N4O2. The van der Waals surface area contributed by atoms with Gasteiger partial charge in [-0.05, 0) is 25.8 Å². The van der Waals surface area contributed by atoms with Crippen LogP contribution in [0.3, 0.4) is 0 Å². The van der Waals surface area contributed by atoms with Gasteiger partial charge in [0.15, 0.2) is 0 Å². The molecule has 19 heavy (non-hydrogen) atoms. The van der Waals surface area contributed by atoms with Crippen LogP contribution in [0, 0.1) is 0 Å². The van der Waals surface area contributed by atoms with Crippen molar-refractivity contribution in [3.05, 3.63) is 22.6 Å². The molecule has 1 fully saturated rings. The van der Waals surface area contributed by atoms with Crippen molar-refractivity contribution in [3.63, 3.8) is 0 Å². The molecule has 0 spiro atoms. The molecule has 2 N–H and O–H groups in total. The van der Waals surface area contributed by atoms with E-state index in [1.54, 1.807) is 19.4 Å². The third kappa shape index (κ3) is 3.54. The van der Waals surface area contributed by atoms with Crippen molar-refractivity contribution in [2.75, 3.05) is 31.6 Å². The van der Waals surface area contributed by atoms with Crippen LogP contribution in [0.1, 0.15) is 19.3 Å². The number of anilines is 1. The van der Waals surface area contributed by atoms with Gasteiger partial charge in [-0.1, -0.05) is 0 Å². The van der Waals surface area contributed by atoms with Crippen LogP contribution in [-0.4, -0.2) is 42.6 Å². The molecule has 1 aromatic rings. The van der Waals surface area contributed by atoms with Gasteiger partial charge in [-0.3, -0.25) is 4.79 Å². The SMILES string of the molecule is COC1CCN(c2cnn(CCCCN)c(=O)c2)C1. The summed E-state index contributed by atoms with van der Waals surface area (Å²) >= 11 is 0. The van der Waals surface area contributed by atoms with Crippen molar-refractivity contribution < 1.29 is 4.74 Å². The van der Waals surface area contributed by atoms with E-state index >= 15 is 0 Å². The number of methoxy groups -OCH3 is 1. The van der Waals surface area contributed by atoms with Crippen molar-refractivity contribution >= 4 is 5.69 Å². The molecule has 0 radical (unpaired) electrons. The van der Waals surface area contributed by atoms with Crippen LogP contribution in [0.15, 0.2) is 17.1 Å². The molecule has 0 saturated carbocycles. The molecule has 2 rings (SSSR count). The highest BCUT2D eigenvalue weighted by Gasteiger charge is 2.22. The van der Waals surface area contributed by atoms with Crippen LogP contribution in [0.5, 0.6) is 0 Å². The summed E-state index contributed by atoms with van der Waals surface area (Å²) in [5.41, 5.74) is 6.28. The Kier molecular flexibility index (Phi) is 4.93. The molecule has 0 aromatic carbocycles. The molecule has 2 heterocycles. The predicted octanol–water partition coefficient (Wildman–Crippen LogP) is 0.207. The molecule has 106 valence electrons. The van der Waals surface area contributed by atoms with Crippen LogP contribution in [-0.2, 0) is 11.3 Å². The van der Waals surface area contributed by atoms with Crippen molar-refractivity contribution in [3.8, 4) is 0 Å². The van der Waals surface area contributed by atoms with E-state index in [9.17, 15) is 4.79 Å². The molecule has 1 aromatic heterocycles. The number of hydrogen-bond acceptors (Lipinski definition) is 5. The van der Waals surface area contributed by atoms with Gasteiger partial charge in [0.25, 0.3) is 5.56 Å². The van der Waals surface area contributed by atoms with E-state index in [1.165, 1.54) is 4.68 Å². The monoisotopic (exact) mass is 266 g/mol. The third-order valence-corrected chi connectivity index (χ3v) is 3.52. The maximum atomic E-state index is 12.0. The molecule has 1 aliphatic rings. The second kappa shape index (κ2) is 6.68. The Balaban J connectivity index is 2.00. The fraction of sp³-hybridized carbons (Fsp3) is 0.692. The molecule has 1 unspecified atom stereocenters. The number of aromatic nitrogens is 2. The predicted molar refractivity (Wildman–Crippen MR) is 74.4 cm³/mol. The van der Waals surface area contributed by atoms with Gasteiger partial charge >= 0.3 is 0 Å². The van der Waals surface area contributed by atoms with Gasteiger partial charge in [-0.2, -0.15) is 5.10 Å². The van der Waals surface area contributed by atoms with Gasteiger partial charge in [-0.25, -0.2) is 4.68 Å². The largest absolute Gasteiger partial charge is 0.380 e. The van der Waals surface area contributed by atoms with Crippen LogP contribution in [0.2, 0.25) is 0 Å². The highest BCUT2D eigenvalue weighted by molar-refractivity contribution is 5.44. The van der Waals surface area contributed by atoms with Gasteiger partial charge in [0.05, 0.1) is 18.0 Å². The molecule has 1 aliphatic heterocycles.